The quantitative estimate of drug-likeness (QED) is 0.915. The molecular formula is C14H21N3O4. The maximum Gasteiger partial charge on any atom is 0.410 e. The molecule has 0 atom stereocenters. The summed E-state index contributed by atoms with van der Waals surface area (Å²) in [5.41, 5.74) is -1.20. The van der Waals surface area contributed by atoms with Gasteiger partial charge in [0.05, 0.1) is 12.0 Å². The van der Waals surface area contributed by atoms with Gasteiger partial charge in [-0.3, -0.25) is 4.79 Å². The molecule has 1 N–H and O–H groups in total. The van der Waals surface area contributed by atoms with Crippen LogP contribution in [0.4, 0.5) is 4.79 Å². The molecule has 2 rings (SSSR count). The third kappa shape index (κ3) is 3.17. The lowest BCUT2D eigenvalue weighted by atomic mass is 9.86. The summed E-state index contributed by atoms with van der Waals surface area (Å²) in [6, 6.07) is 0. The fraction of sp³-hybridized carbons (Fsp3) is 0.643. The number of likely N-dealkylation sites (tertiary alicyclic amines) is 1. The third-order valence-corrected chi connectivity index (χ3v) is 3.44. The second-order valence-electron chi connectivity index (χ2n) is 6.48. The minimum absolute atomic E-state index is 0.0521. The topological polar surface area (TPSA) is 84.7 Å². The van der Waals surface area contributed by atoms with Crippen LogP contribution in [-0.4, -0.2) is 50.3 Å². The van der Waals surface area contributed by atoms with Crippen molar-refractivity contribution in [3.8, 4) is 0 Å². The van der Waals surface area contributed by atoms with Gasteiger partial charge in [0.1, 0.15) is 11.4 Å². The Balaban J connectivity index is 2.12. The normalized spacial score (nSPS) is 17.2. The Hall–Kier alpha value is -2.05. The van der Waals surface area contributed by atoms with Crippen molar-refractivity contribution in [3.05, 3.63) is 18.2 Å². The number of carboxylic acid groups (broad SMARTS) is 1. The molecule has 1 fully saturated rings. The van der Waals surface area contributed by atoms with Crippen molar-refractivity contribution in [2.45, 2.75) is 45.3 Å². The van der Waals surface area contributed by atoms with Crippen LogP contribution >= 0.6 is 0 Å². The van der Waals surface area contributed by atoms with Gasteiger partial charge in [0.2, 0.25) is 0 Å². The first-order valence-electron chi connectivity index (χ1n) is 6.83. The minimum Gasteiger partial charge on any atom is -0.481 e. The predicted molar refractivity (Wildman–Crippen MR) is 75.0 cm³/mol. The molecule has 1 aliphatic rings. The van der Waals surface area contributed by atoms with Crippen LogP contribution in [0.3, 0.4) is 0 Å². The van der Waals surface area contributed by atoms with Crippen LogP contribution in [0.15, 0.2) is 12.4 Å². The van der Waals surface area contributed by atoms with Gasteiger partial charge in [0.15, 0.2) is 0 Å². The SMILES string of the molecule is Cc1nccn1C1(CC(=O)O)CN(C(=O)OC(C)(C)C)C1. The summed E-state index contributed by atoms with van der Waals surface area (Å²) in [7, 11) is 0. The Kier molecular flexibility index (Phi) is 3.69. The van der Waals surface area contributed by atoms with E-state index in [0.717, 1.165) is 5.82 Å². The number of hydrogen-bond acceptors (Lipinski definition) is 4. The van der Waals surface area contributed by atoms with Gasteiger partial charge in [-0.1, -0.05) is 0 Å². The average molecular weight is 295 g/mol. The standard InChI is InChI=1S/C14H21N3O4/c1-10-15-5-6-17(10)14(7-11(18)19)8-16(9-14)12(20)21-13(2,3)4/h5-6H,7-9H2,1-4H3,(H,18,19). The van der Waals surface area contributed by atoms with E-state index in [1.807, 2.05) is 11.5 Å². The van der Waals surface area contributed by atoms with Crippen LogP contribution in [-0.2, 0) is 15.1 Å². The highest BCUT2D eigenvalue weighted by molar-refractivity contribution is 5.72. The second-order valence-corrected chi connectivity index (χ2v) is 6.48. The molecule has 1 aromatic heterocycles. The molecule has 1 amide bonds. The molecule has 2 heterocycles. The fourth-order valence-corrected chi connectivity index (χ4v) is 2.63. The number of ether oxygens (including phenoxy) is 1. The number of carbonyl (C=O) groups excluding carboxylic acids is 1. The van der Waals surface area contributed by atoms with Gasteiger partial charge < -0.3 is 19.3 Å². The zero-order valence-corrected chi connectivity index (χ0v) is 12.8. The van der Waals surface area contributed by atoms with Crippen molar-refractivity contribution in [1.82, 2.24) is 14.5 Å². The number of amides is 1. The molecule has 7 heteroatoms. The van der Waals surface area contributed by atoms with E-state index in [1.54, 1.807) is 33.2 Å². The summed E-state index contributed by atoms with van der Waals surface area (Å²) < 4.78 is 7.14. The fourth-order valence-electron chi connectivity index (χ4n) is 2.63. The van der Waals surface area contributed by atoms with Gasteiger partial charge in [-0.15, -0.1) is 0 Å². The van der Waals surface area contributed by atoms with Crippen LogP contribution in [0.1, 0.15) is 33.0 Å². The van der Waals surface area contributed by atoms with Gasteiger partial charge in [0.25, 0.3) is 0 Å². The molecule has 1 saturated heterocycles. The van der Waals surface area contributed by atoms with E-state index in [-0.39, 0.29) is 6.42 Å². The summed E-state index contributed by atoms with van der Waals surface area (Å²) in [6.07, 6.45) is 2.92. The highest BCUT2D eigenvalue weighted by Gasteiger charge is 2.49. The van der Waals surface area contributed by atoms with E-state index in [1.165, 1.54) is 4.90 Å². The van der Waals surface area contributed by atoms with Crippen molar-refractivity contribution in [3.63, 3.8) is 0 Å². The summed E-state index contributed by atoms with van der Waals surface area (Å²) in [4.78, 5) is 28.8. The minimum atomic E-state index is -0.896. The van der Waals surface area contributed by atoms with E-state index in [9.17, 15) is 9.59 Å². The molecular weight excluding hydrogens is 274 g/mol. The summed E-state index contributed by atoms with van der Waals surface area (Å²) in [6.45, 7) is 7.84. The van der Waals surface area contributed by atoms with Gasteiger partial charge in [0, 0.05) is 25.5 Å². The van der Waals surface area contributed by atoms with E-state index in [2.05, 4.69) is 4.98 Å². The van der Waals surface area contributed by atoms with Crippen molar-refractivity contribution < 1.29 is 19.4 Å². The van der Waals surface area contributed by atoms with Crippen molar-refractivity contribution in [2.24, 2.45) is 0 Å². The number of nitrogens with zero attached hydrogens (tertiary/aromatic N) is 3. The number of aryl methyl sites for hydroxylation is 1. The van der Waals surface area contributed by atoms with E-state index in [4.69, 9.17) is 9.84 Å². The van der Waals surface area contributed by atoms with Crippen molar-refractivity contribution in [2.75, 3.05) is 13.1 Å². The first kappa shape index (κ1) is 15.3. The molecule has 1 aromatic rings. The molecule has 0 aliphatic carbocycles. The van der Waals surface area contributed by atoms with Crippen LogP contribution < -0.4 is 0 Å². The number of carboxylic acids is 1. The van der Waals surface area contributed by atoms with Crippen LogP contribution in [0.2, 0.25) is 0 Å². The number of hydrogen-bond donors (Lipinski definition) is 1. The Labute approximate surface area is 123 Å². The number of imidazole rings is 1. The molecule has 1 aliphatic heterocycles. The molecule has 0 unspecified atom stereocenters. The lowest BCUT2D eigenvalue weighted by molar-refractivity contribution is -0.142. The zero-order valence-electron chi connectivity index (χ0n) is 12.8. The smallest absolute Gasteiger partial charge is 0.410 e. The number of carbonyl (C=O) groups is 2. The highest BCUT2D eigenvalue weighted by Crippen LogP contribution is 2.34. The Morgan fingerprint density at radius 2 is 2.05 bits per heavy atom. The molecule has 116 valence electrons. The van der Waals surface area contributed by atoms with E-state index < -0.39 is 23.2 Å². The zero-order chi connectivity index (χ0) is 15.8. The van der Waals surface area contributed by atoms with E-state index in [0.29, 0.717) is 13.1 Å². The molecule has 0 aromatic carbocycles. The molecule has 0 saturated carbocycles. The van der Waals surface area contributed by atoms with Gasteiger partial charge >= 0.3 is 12.1 Å². The van der Waals surface area contributed by atoms with Gasteiger partial charge in [-0.05, 0) is 27.7 Å². The third-order valence-electron chi connectivity index (χ3n) is 3.44. The molecule has 0 radical (unpaired) electrons. The van der Waals surface area contributed by atoms with Crippen LogP contribution in [0, 0.1) is 6.92 Å². The summed E-state index contributed by atoms with van der Waals surface area (Å²) >= 11 is 0. The first-order chi connectivity index (χ1) is 9.63. The molecule has 0 bridgehead atoms. The van der Waals surface area contributed by atoms with Crippen molar-refractivity contribution >= 4 is 12.1 Å². The molecule has 21 heavy (non-hydrogen) atoms. The van der Waals surface area contributed by atoms with Crippen LogP contribution in [0.5, 0.6) is 0 Å². The van der Waals surface area contributed by atoms with Gasteiger partial charge in [-0.25, -0.2) is 9.78 Å². The number of aliphatic carboxylic acids is 1. The van der Waals surface area contributed by atoms with Crippen LogP contribution in [0.25, 0.3) is 0 Å². The Bertz CT molecular complexity index is 553. The Morgan fingerprint density at radius 3 is 2.48 bits per heavy atom. The lowest BCUT2D eigenvalue weighted by Crippen LogP contribution is -2.65. The second kappa shape index (κ2) is 5.05. The molecule has 7 nitrogen and oxygen atoms in total. The number of rotatable bonds is 3. The maximum absolute atomic E-state index is 12.0. The maximum atomic E-state index is 12.0. The summed E-state index contributed by atoms with van der Waals surface area (Å²) in [5.74, 6) is -0.160. The monoisotopic (exact) mass is 295 g/mol. The number of aromatic nitrogens is 2. The predicted octanol–water partition coefficient (Wildman–Crippen LogP) is 1.61. The average Bonchev–Trinajstić information content (AvgIpc) is 2.66. The van der Waals surface area contributed by atoms with Crippen molar-refractivity contribution in [1.29, 1.82) is 0 Å². The van der Waals surface area contributed by atoms with E-state index >= 15 is 0 Å². The highest BCUT2D eigenvalue weighted by atomic mass is 16.6. The first-order valence-corrected chi connectivity index (χ1v) is 6.83. The lowest BCUT2D eigenvalue weighted by Gasteiger charge is -2.50. The van der Waals surface area contributed by atoms with Gasteiger partial charge in [-0.2, -0.15) is 0 Å². The molecule has 0 spiro atoms. The largest absolute Gasteiger partial charge is 0.481 e. The summed E-state index contributed by atoms with van der Waals surface area (Å²) in [5, 5.41) is 9.15. The Morgan fingerprint density at radius 1 is 1.43 bits per heavy atom.